The van der Waals surface area contributed by atoms with E-state index in [1.165, 1.54) is 4.57 Å². The van der Waals surface area contributed by atoms with E-state index in [1.807, 2.05) is 0 Å². The monoisotopic (exact) mass is 187 g/mol. The third-order valence-electron chi connectivity index (χ3n) is 1.60. The lowest BCUT2D eigenvalue weighted by Crippen LogP contribution is -2.31. The number of aromatic nitrogens is 1. The Morgan fingerprint density at radius 3 is 2.83 bits per heavy atom. The Kier molecular flexibility index (Phi) is 2.76. The van der Waals surface area contributed by atoms with Crippen molar-refractivity contribution in [1.29, 1.82) is 0 Å². The van der Waals surface area contributed by atoms with Gasteiger partial charge in [0.05, 0.1) is 5.35 Å². The summed E-state index contributed by atoms with van der Waals surface area (Å²) in [5, 5.41) is 0.586. The number of oxazole rings is 1. The highest BCUT2D eigenvalue weighted by atomic mass is 35.5. The van der Waals surface area contributed by atoms with E-state index in [-0.39, 0.29) is 0 Å². The molecular weight excluding hydrogens is 178 g/mol. The highest BCUT2D eigenvalue weighted by molar-refractivity contribution is 6.17. The first-order valence-electron chi connectivity index (χ1n) is 3.61. The van der Waals surface area contributed by atoms with Gasteiger partial charge in [-0.15, -0.1) is 11.6 Å². The fraction of sp³-hybridized carbons (Fsp3) is 0.375. The van der Waals surface area contributed by atoms with E-state index in [9.17, 15) is 4.79 Å². The van der Waals surface area contributed by atoms with Crippen LogP contribution in [0.4, 0.5) is 0 Å². The summed E-state index contributed by atoms with van der Waals surface area (Å²) in [5.41, 5.74) is 0.519. The lowest BCUT2D eigenvalue weighted by atomic mass is 10.5. The molecule has 0 spiro atoms. The van der Waals surface area contributed by atoms with Gasteiger partial charge in [-0.05, 0) is 13.0 Å². The summed E-state index contributed by atoms with van der Waals surface area (Å²) in [4.78, 5) is 11.1. The van der Waals surface area contributed by atoms with Crippen LogP contribution in [0.1, 0.15) is 6.92 Å². The van der Waals surface area contributed by atoms with Crippen molar-refractivity contribution in [3.63, 3.8) is 0 Å². The Labute approximate surface area is 74.6 Å². The number of halogens is 1. The molecular formula is C8H10ClNO2. The van der Waals surface area contributed by atoms with Crippen molar-refractivity contribution in [1.82, 2.24) is 4.57 Å². The molecule has 3 nitrogen and oxygen atoms in total. The molecule has 66 valence electrons. The molecule has 1 aromatic heterocycles. The predicted octanol–water partition coefficient (Wildman–Crippen LogP) is -0.109. The first kappa shape index (κ1) is 9.13. The van der Waals surface area contributed by atoms with Crippen LogP contribution in [0.25, 0.3) is 12.7 Å². The molecule has 1 aromatic rings. The number of nitrogens with zero attached hydrogens (tertiary/aromatic N) is 1. The standard InChI is InChI=1S/C8H10ClNO2/c1-3-7-6(2)10(5-4-9)8(11)12-7/h3H,2,4-5H2,1H3/b7-3-. The Hall–Kier alpha value is -0.960. The Morgan fingerprint density at radius 1 is 1.75 bits per heavy atom. The van der Waals surface area contributed by atoms with Crippen LogP contribution in [-0.2, 0) is 6.54 Å². The maximum Gasteiger partial charge on any atom is 0.419 e. The second kappa shape index (κ2) is 3.63. The second-order valence-electron chi connectivity index (χ2n) is 2.31. The lowest BCUT2D eigenvalue weighted by molar-refractivity contribution is 0.462. The van der Waals surface area contributed by atoms with Crippen molar-refractivity contribution in [2.45, 2.75) is 13.5 Å². The molecule has 0 unspecified atom stereocenters. The third kappa shape index (κ3) is 1.46. The summed E-state index contributed by atoms with van der Waals surface area (Å²) in [6, 6.07) is 0. The van der Waals surface area contributed by atoms with Gasteiger partial charge in [0.15, 0.2) is 5.42 Å². The second-order valence-corrected chi connectivity index (χ2v) is 2.69. The summed E-state index contributed by atoms with van der Waals surface area (Å²) in [5.74, 6) is -0.0146. The van der Waals surface area contributed by atoms with Crippen LogP contribution < -0.4 is 16.5 Å². The first-order chi connectivity index (χ1) is 5.70. The number of hydrogen-bond acceptors (Lipinski definition) is 2. The van der Waals surface area contributed by atoms with Crippen LogP contribution in [0.3, 0.4) is 0 Å². The minimum absolute atomic E-state index is 0.380. The minimum atomic E-state index is -0.395. The van der Waals surface area contributed by atoms with E-state index in [4.69, 9.17) is 16.0 Å². The first-order valence-corrected chi connectivity index (χ1v) is 4.15. The van der Waals surface area contributed by atoms with E-state index in [2.05, 4.69) is 6.58 Å². The molecule has 0 fully saturated rings. The summed E-state index contributed by atoms with van der Waals surface area (Å²) in [7, 11) is 0. The number of hydrogen-bond donors (Lipinski definition) is 0. The molecule has 0 aliphatic rings. The van der Waals surface area contributed by atoms with Crippen LogP contribution in [0.5, 0.6) is 0 Å². The summed E-state index contributed by atoms with van der Waals surface area (Å²) in [6.07, 6.45) is 1.70. The largest absolute Gasteiger partial charge is 0.419 e. The average Bonchev–Trinajstić information content (AvgIpc) is 2.32. The van der Waals surface area contributed by atoms with E-state index in [1.54, 1.807) is 13.0 Å². The van der Waals surface area contributed by atoms with Crippen molar-refractivity contribution >= 4 is 24.3 Å². The minimum Gasteiger partial charge on any atom is -0.408 e. The van der Waals surface area contributed by atoms with Gasteiger partial charge in [-0.3, -0.25) is 4.57 Å². The van der Waals surface area contributed by atoms with Crippen LogP contribution in [-0.4, -0.2) is 10.4 Å². The van der Waals surface area contributed by atoms with Gasteiger partial charge in [0, 0.05) is 12.4 Å². The summed E-state index contributed by atoms with van der Waals surface area (Å²) < 4.78 is 6.30. The molecule has 4 heteroatoms. The number of alkyl halides is 1. The quantitative estimate of drug-likeness (QED) is 0.606. The fourth-order valence-corrected chi connectivity index (χ4v) is 1.16. The molecule has 1 rings (SSSR count). The molecule has 0 aliphatic carbocycles. The van der Waals surface area contributed by atoms with Gasteiger partial charge < -0.3 is 4.42 Å². The topological polar surface area (TPSA) is 35.1 Å². The highest BCUT2D eigenvalue weighted by Crippen LogP contribution is 1.76. The average molecular weight is 188 g/mol. The SMILES string of the molecule is C=c1/c(=C/C)oc(=O)n1CCCl. The highest BCUT2D eigenvalue weighted by Gasteiger charge is 2.00. The molecule has 0 amide bonds. The maximum atomic E-state index is 11.1. The van der Waals surface area contributed by atoms with Crippen LogP contribution >= 0.6 is 11.6 Å². The Morgan fingerprint density at radius 2 is 2.42 bits per heavy atom. The van der Waals surface area contributed by atoms with Gasteiger partial charge >= 0.3 is 5.76 Å². The van der Waals surface area contributed by atoms with Crippen LogP contribution in [0.2, 0.25) is 0 Å². The van der Waals surface area contributed by atoms with Gasteiger partial charge in [0.2, 0.25) is 0 Å². The Balaban J connectivity index is 3.40. The molecule has 0 aliphatic heterocycles. The third-order valence-corrected chi connectivity index (χ3v) is 1.77. The molecule has 0 bridgehead atoms. The normalized spacial score (nSPS) is 12.3. The summed E-state index contributed by atoms with van der Waals surface area (Å²) in [6.45, 7) is 5.94. The molecule has 0 saturated carbocycles. The van der Waals surface area contributed by atoms with E-state index < -0.39 is 5.76 Å². The van der Waals surface area contributed by atoms with Crippen molar-refractivity contribution in [2.75, 3.05) is 5.88 Å². The van der Waals surface area contributed by atoms with Crippen LogP contribution in [0.15, 0.2) is 9.21 Å². The molecule has 0 aromatic carbocycles. The molecule has 1 heterocycles. The van der Waals surface area contributed by atoms with Gasteiger partial charge in [-0.2, -0.15) is 0 Å². The molecule has 0 saturated heterocycles. The zero-order valence-corrected chi connectivity index (χ0v) is 7.60. The van der Waals surface area contributed by atoms with E-state index >= 15 is 0 Å². The maximum absolute atomic E-state index is 11.1. The van der Waals surface area contributed by atoms with Gasteiger partial charge in [-0.1, -0.05) is 6.58 Å². The van der Waals surface area contributed by atoms with E-state index in [0.717, 1.165) is 0 Å². The van der Waals surface area contributed by atoms with Gasteiger partial charge in [-0.25, -0.2) is 4.79 Å². The van der Waals surface area contributed by atoms with Gasteiger partial charge in [0.1, 0.15) is 0 Å². The smallest absolute Gasteiger partial charge is 0.408 e. The molecule has 0 atom stereocenters. The zero-order chi connectivity index (χ0) is 9.14. The van der Waals surface area contributed by atoms with Gasteiger partial charge in [0.25, 0.3) is 0 Å². The van der Waals surface area contributed by atoms with Crippen molar-refractivity contribution in [3.05, 3.63) is 21.3 Å². The van der Waals surface area contributed by atoms with E-state index in [0.29, 0.717) is 23.2 Å². The van der Waals surface area contributed by atoms with Crippen LogP contribution in [0, 0.1) is 0 Å². The molecule has 12 heavy (non-hydrogen) atoms. The molecule has 0 N–H and O–H groups in total. The Bertz CT molecular complexity index is 415. The van der Waals surface area contributed by atoms with Crippen molar-refractivity contribution < 1.29 is 4.42 Å². The lowest BCUT2D eigenvalue weighted by Gasteiger charge is -1.91. The summed E-state index contributed by atoms with van der Waals surface area (Å²) >= 11 is 5.49. The van der Waals surface area contributed by atoms with Crippen molar-refractivity contribution in [3.8, 4) is 0 Å². The fourth-order valence-electron chi connectivity index (χ4n) is 0.988. The number of rotatable bonds is 2. The zero-order valence-electron chi connectivity index (χ0n) is 6.84. The molecule has 0 radical (unpaired) electrons. The van der Waals surface area contributed by atoms with Crippen molar-refractivity contribution in [2.24, 2.45) is 0 Å². The predicted molar refractivity (Wildman–Crippen MR) is 48.6 cm³/mol.